The lowest BCUT2D eigenvalue weighted by Crippen LogP contribution is -2.33. The minimum Gasteiger partial charge on any atom is -0.294 e. The van der Waals surface area contributed by atoms with Gasteiger partial charge in [-0.15, -0.1) is 0 Å². The van der Waals surface area contributed by atoms with Crippen LogP contribution in [0.15, 0.2) is 200 Å². The molecule has 0 bridgehead atoms. The highest BCUT2D eigenvalue weighted by Crippen LogP contribution is 2.49. The van der Waals surface area contributed by atoms with Crippen molar-refractivity contribution in [1.82, 2.24) is 4.57 Å². The molecule has 0 fully saturated rings. The summed E-state index contributed by atoms with van der Waals surface area (Å²) >= 11 is 0. The van der Waals surface area contributed by atoms with Crippen LogP contribution in [0.1, 0.15) is 5.82 Å². The average molecular weight is 606 g/mol. The van der Waals surface area contributed by atoms with Crippen LogP contribution in [0.4, 0.5) is 22.7 Å². The number of imidazole rings is 1. The Morgan fingerprint density at radius 3 is 1.51 bits per heavy atom. The largest absolute Gasteiger partial charge is 0.294 e. The lowest BCUT2D eigenvalue weighted by atomic mass is 10.2. The van der Waals surface area contributed by atoms with E-state index in [4.69, 9.17) is 0 Å². The van der Waals surface area contributed by atoms with Gasteiger partial charge in [-0.25, -0.2) is 0 Å². The van der Waals surface area contributed by atoms with Gasteiger partial charge in [0, 0.05) is 17.5 Å². The smallest absolute Gasteiger partial charge is 0.292 e. The van der Waals surface area contributed by atoms with E-state index in [0.29, 0.717) is 0 Å². The fourth-order valence-electron chi connectivity index (χ4n) is 6.42. The molecule has 224 valence electrons. The molecular weight excluding hydrogens is 573 g/mol. The number of aromatic nitrogens is 2. The molecule has 0 saturated carbocycles. The summed E-state index contributed by atoms with van der Waals surface area (Å²) < 4.78 is 4.65. The van der Waals surface area contributed by atoms with Crippen LogP contribution in [0.3, 0.4) is 0 Å². The Bertz CT molecular complexity index is 2090. The molecule has 47 heavy (non-hydrogen) atoms. The van der Waals surface area contributed by atoms with Gasteiger partial charge in [0.05, 0.1) is 11.4 Å². The van der Waals surface area contributed by atoms with E-state index in [-0.39, 0.29) is 0 Å². The fraction of sp³-hybridized carbons (Fsp3) is 0. The molecule has 0 atom stereocenters. The Kier molecular flexibility index (Phi) is 7.50. The minimum atomic E-state index is 1.06. The average Bonchev–Trinajstić information content (AvgIpc) is 3.65. The van der Waals surface area contributed by atoms with Crippen molar-refractivity contribution in [2.75, 3.05) is 9.80 Å². The molecule has 0 radical (unpaired) electrons. The summed E-state index contributed by atoms with van der Waals surface area (Å²) in [5.41, 5.74) is 9.05. The van der Waals surface area contributed by atoms with Crippen molar-refractivity contribution in [3.63, 3.8) is 0 Å². The van der Waals surface area contributed by atoms with Gasteiger partial charge in [0.1, 0.15) is 17.2 Å². The van der Waals surface area contributed by atoms with Gasteiger partial charge in [-0.05, 0) is 78.9 Å². The minimum absolute atomic E-state index is 1.06. The summed E-state index contributed by atoms with van der Waals surface area (Å²) in [4.78, 5) is 4.65. The Labute approximate surface area is 275 Å². The number of hydrogen-bond donors (Lipinski definition) is 0. The lowest BCUT2D eigenvalue weighted by molar-refractivity contribution is -0.570. The zero-order valence-electron chi connectivity index (χ0n) is 25.8. The molecule has 1 aliphatic heterocycles. The topological polar surface area (TPSA) is 15.3 Å². The van der Waals surface area contributed by atoms with Crippen molar-refractivity contribution in [2.45, 2.75) is 0 Å². The third-order valence-corrected chi connectivity index (χ3v) is 8.41. The Morgan fingerprint density at radius 2 is 0.915 bits per heavy atom. The van der Waals surface area contributed by atoms with E-state index in [1.807, 2.05) is 0 Å². The standard InChI is InChI=1S/C43H33N4/c1-6-20-34(21-7-1)44-38-28-16-17-29-39(38)45(35-22-8-2-9-23-35)42(44)32-14-5-15-33-43-46(36-24-10-3-11-25-36)40-30-18-19-31-41(40)47(43)37-26-12-4-13-27-37/h1-33H/q+1. The van der Waals surface area contributed by atoms with Crippen molar-refractivity contribution in [2.24, 2.45) is 0 Å². The molecular formula is C43H33N4+. The van der Waals surface area contributed by atoms with Crippen LogP contribution in [0.2, 0.25) is 0 Å². The highest BCUT2D eigenvalue weighted by molar-refractivity contribution is 5.93. The molecule has 0 N–H and O–H groups in total. The first-order chi connectivity index (χ1) is 23.4. The predicted molar refractivity (Wildman–Crippen MR) is 195 cm³/mol. The molecule has 0 aliphatic carbocycles. The summed E-state index contributed by atoms with van der Waals surface area (Å²) in [7, 11) is 0. The summed E-state index contributed by atoms with van der Waals surface area (Å²) in [5, 5.41) is 0. The molecule has 1 aromatic heterocycles. The van der Waals surface area contributed by atoms with Gasteiger partial charge in [0.15, 0.2) is 11.0 Å². The summed E-state index contributed by atoms with van der Waals surface area (Å²) in [6, 6.07) is 59.4. The summed E-state index contributed by atoms with van der Waals surface area (Å²) in [5.74, 6) is 2.12. The van der Waals surface area contributed by atoms with Crippen LogP contribution < -0.4 is 14.4 Å². The second-order valence-electron chi connectivity index (χ2n) is 11.3. The Morgan fingerprint density at radius 1 is 0.426 bits per heavy atom. The highest BCUT2D eigenvalue weighted by Gasteiger charge is 2.32. The number of rotatable bonds is 7. The van der Waals surface area contributed by atoms with Gasteiger partial charge < -0.3 is 0 Å². The van der Waals surface area contributed by atoms with Crippen molar-refractivity contribution in [3.05, 3.63) is 206 Å². The van der Waals surface area contributed by atoms with Crippen molar-refractivity contribution < 1.29 is 4.57 Å². The number of nitrogens with zero attached hydrogens (tertiary/aromatic N) is 4. The van der Waals surface area contributed by atoms with E-state index in [0.717, 1.165) is 56.8 Å². The molecule has 4 nitrogen and oxygen atoms in total. The van der Waals surface area contributed by atoms with Gasteiger partial charge in [0.2, 0.25) is 0 Å². The number of fused-ring (bicyclic) bond motifs is 2. The maximum atomic E-state index is 2.33. The number of allylic oxidation sites excluding steroid dienone is 4. The number of hydrogen-bond acceptors (Lipinski definition) is 2. The molecule has 0 spiro atoms. The van der Waals surface area contributed by atoms with Crippen LogP contribution in [-0.2, 0) is 0 Å². The quantitative estimate of drug-likeness (QED) is 0.133. The first kappa shape index (κ1) is 28.1. The molecule has 0 amide bonds. The van der Waals surface area contributed by atoms with Gasteiger partial charge in [-0.2, -0.15) is 9.13 Å². The van der Waals surface area contributed by atoms with Crippen LogP contribution in [0.5, 0.6) is 0 Å². The SMILES string of the molecule is C(/C=C/C=C/c1n(-c2ccccc2)c2ccccc2[n+]1-c1ccccc1)=C1N(c2ccccc2)c2ccccc2N1c1ccccc1. The number of anilines is 4. The third-order valence-electron chi connectivity index (χ3n) is 8.41. The van der Waals surface area contributed by atoms with E-state index < -0.39 is 0 Å². The van der Waals surface area contributed by atoms with E-state index in [9.17, 15) is 0 Å². The zero-order valence-corrected chi connectivity index (χ0v) is 25.8. The third kappa shape index (κ3) is 5.22. The first-order valence-corrected chi connectivity index (χ1v) is 15.9. The van der Waals surface area contributed by atoms with Crippen LogP contribution in [-0.4, -0.2) is 4.57 Å². The van der Waals surface area contributed by atoms with Crippen molar-refractivity contribution >= 4 is 39.9 Å². The number of para-hydroxylation sites is 8. The van der Waals surface area contributed by atoms with Gasteiger partial charge in [-0.3, -0.25) is 9.80 Å². The van der Waals surface area contributed by atoms with E-state index in [1.165, 1.54) is 0 Å². The molecule has 7 aromatic rings. The molecule has 4 heteroatoms. The predicted octanol–water partition coefficient (Wildman–Crippen LogP) is 10.3. The number of benzene rings is 6. The first-order valence-electron chi connectivity index (χ1n) is 15.9. The van der Waals surface area contributed by atoms with Gasteiger partial charge >= 0.3 is 0 Å². The zero-order chi connectivity index (χ0) is 31.4. The molecule has 1 aliphatic rings. The van der Waals surface area contributed by atoms with Crippen LogP contribution >= 0.6 is 0 Å². The maximum Gasteiger partial charge on any atom is 0.292 e. The molecule has 0 saturated heterocycles. The maximum absolute atomic E-state index is 2.33. The van der Waals surface area contributed by atoms with Crippen molar-refractivity contribution in [3.8, 4) is 11.4 Å². The lowest BCUT2D eigenvalue weighted by Gasteiger charge is -2.25. The van der Waals surface area contributed by atoms with E-state index >= 15 is 0 Å². The Hall–Kier alpha value is -6.39. The van der Waals surface area contributed by atoms with Crippen LogP contribution in [0.25, 0.3) is 28.5 Å². The summed E-state index contributed by atoms with van der Waals surface area (Å²) in [6.45, 7) is 0. The van der Waals surface area contributed by atoms with Gasteiger partial charge in [-0.1, -0.05) is 115 Å². The van der Waals surface area contributed by atoms with Crippen molar-refractivity contribution in [1.29, 1.82) is 0 Å². The Balaban J connectivity index is 1.24. The summed E-state index contributed by atoms with van der Waals surface area (Å²) in [6.07, 6.45) is 10.8. The second-order valence-corrected chi connectivity index (χ2v) is 11.3. The molecule has 2 heterocycles. The monoisotopic (exact) mass is 605 g/mol. The normalized spacial score (nSPS) is 12.8. The second kappa shape index (κ2) is 12.5. The highest BCUT2D eigenvalue weighted by atomic mass is 15.4. The molecule has 6 aromatic carbocycles. The molecule has 0 unspecified atom stereocenters. The van der Waals surface area contributed by atoms with E-state index in [2.05, 4.69) is 219 Å². The van der Waals surface area contributed by atoms with Gasteiger partial charge in [0.25, 0.3) is 5.82 Å². The fourth-order valence-corrected chi connectivity index (χ4v) is 6.42. The van der Waals surface area contributed by atoms with E-state index in [1.54, 1.807) is 0 Å². The van der Waals surface area contributed by atoms with Crippen LogP contribution in [0, 0.1) is 0 Å². The molecule has 8 rings (SSSR count).